The second kappa shape index (κ2) is 6.06. The fraction of sp³-hybridized carbons (Fsp3) is 0.467. The third kappa shape index (κ3) is 2.94. The molecule has 0 spiro atoms. The second-order valence-electron chi connectivity index (χ2n) is 5.25. The highest BCUT2D eigenvalue weighted by Crippen LogP contribution is 2.23. The lowest BCUT2D eigenvalue weighted by Gasteiger charge is -2.12. The van der Waals surface area contributed by atoms with E-state index in [-0.39, 0.29) is 6.04 Å². The molecule has 0 aromatic carbocycles. The Morgan fingerprint density at radius 2 is 2.05 bits per heavy atom. The first kappa shape index (κ1) is 15.2. The van der Waals surface area contributed by atoms with Crippen molar-refractivity contribution in [3.63, 3.8) is 0 Å². The lowest BCUT2D eigenvalue weighted by atomic mass is 10.1. The summed E-state index contributed by atoms with van der Waals surface area (Å²) in [5, 5.41) is 4.53. The first-order chi connectivity index (χ1) is 9.43. The Balaban J connectivity index is 2.36. The summed E-state index contributed by atoms with van der Waals surface area (Å²) in [6.45, 7) is 8.18. The number of nitrogens with two attached hydrogens (primary N) is 1. The summed E-state index contributed by atoms with van der Waals surface area (Å²) in [6.07, 6.45) is 3.75. The number of aryl methyl sites for hydroxylation is 2. The van der Waals surface area contributed by atoms with Crippen LogP contribution in [0.5, 0.6) is 0 Å². The van der Waals surface area contributed by atoms with Gasteiger partial charge in [0.1, 0.15) is 0 Å². The third-order valence-electron chi connectivity index (χ3n) is 3.53. The van der Waals surface area contributed by atoms with Crippen molar-refractivity contribution < 1.29 is 0 Å². The lowest BCUT2D eigenvalue weighted by Crippen LogP contribution is -2.21. The summed E-state index contributed by atoms with van der Waals surface area (Å²) in [6, 6.07) is 2.35. The molecule has 0 saturated heterocycles. The van der Waals surface area contributed by atoms with Gasteiger partial charge in [0.15, 0.2) is 5.82 Å². The molecular weight excluding hydrogens is 316 g/mol. The third-order valence-corrected chi connectivity index (χ3v) is 4.68. The van der Waals surface area contributed by atoms with E-state index >= 15 is 0 Å². The Morgan fingerprint density at radius 1 is 1.35 bits per heavy atom. The Morgan fingerprint density at radius 3 is 2.55 bits per heavy atom. The predicted molar refractivity (Wildman–Crippen MR) is 85.2 cm³/mol. The van der Waals surface area contributed by atoms with Gasteiger partial charge in [-0.25, -0.2) is 9.67 Å². The van der Waals surface area contributed by atoms with Crippen LogP contribution in [0.25, 0.3) is 5.82 Å². The number of hydrogen-bond donors (Lipinski definition) is 1. The van der Waals surface area contributed by atoms with Gasteiger partial charge in [0, 0.05) is 12.2 Å². The fourth-order valence-corrected chi connectivity index (χ4v) is 2.48. The van der Waals surface area contributed by atoms with E-state index in [9.17, 15) is 0 Å². The fourth-order valence-electron chi connectivity index (χ4n) is 2.24. The van der Waals surface area contributed by atoms with E-state index in [1.165, 1.54) is 5.56 Å². The average molecular weight is 337 g/mol. The minimum absolute atomic E-state index is 0.199. The molecule has 1 unspecified atom stereocenters. The SMILES string of the molecule is CCC(N)Cc1cnc(-n2nc(C)c(Br)c2C)c(C)c1. The van der Waals surface area contributed by atoms with Crippen LogP contribution in [0.4, 0.5) is 0 Å². The first-order valence-electron chi connectivity index (χ1n) is 6.87. The lowest BCUT2D eigenvalue weighted by molar-refractivity contribution is 0.644. The Labute approximate surface area is 128 Å². The van der Waals surface area contributed by atoms with Gasteiger partial charge < -0.3 is 5.73 Å². The van der Waals surface area contributed by atoms with Crippen LogP contribution in [0.1, 0.15) is 35.9 Å². The van der Waals surface area contributed by atoms with E-state index in [1.54, 1.807) is 0 Å². The summed E-state index contributed by atoms with van der Waals surface area (Å²) in [4.78, 5) is 4.58. The topological polar surface area (TPSA) is 56.7 Å². The van der Waals surface area contributed by atoms with Gasteiger partial charge >= 0.3 is 0 Å². The summed E-state index contributed by atoms with van der Waals surface area (Å²) in [7, 11) is 0. The van der Waals surface area contributed by atoms with Crippen molar-refractivity contribution in [1.29, 1.82) is 0 Å². The van der Waals surface area contributed by atoms with Gasteiger partial charge in [0.25, 0.3) is 0 Å². The molecule has 108 valence electrons. The van der Waals surface area contributed by atoms with Gasteiger partial charge in [-0.05, 0) is 60.7 Å². The molecule has 1 atom stereocenters. The molecule has 4 nitrogen and oxygen atoms in total. The molecule has 2 heterocycles. The Bertz CT molecular complexity index is 619. The summed E-state index contributed by atoms with van der Waals surface area (Å²) >= 11 is 3.55. The molecule has 20 heavy (non-hydrogen) atoms. The van der Waals surface area contributed by atoms with E-state index in [1.807, 2.05) is 24.7 Å². The zero-order valence-electron chi connectivity index (χ0n) is 12.4. The zero-order chi connectivity index (χ0) is 14.9. The quantitative estimate of drug-likeness (QED) is 0.932. The van der Waals surface area contributed by atoms with Gasteiger partial charge in [-0.2, -0.15) is 5.10 Å². The molecule has 2 aromatic heterocycles. The molecule has 5 heteroatoms. The monoisotopic (exact) mass is 336 g/mol. The number of halogens is 1. The minimum Gasteiger partial charge on any atom is -0.327 e. The normalized spacial score (nSPS) is 12.7. The van der Waals surface area contributed by atoms with Crippen LogP contribution in [0.15, 0.2) is 16.7 Å². The molecule has 0 aliphatic carbocycles. The maximum Gasteiger partial charge on any atom is 0.156 e. The molecule has 0 radical (unpaired) electrons. The van der Waals surface area contributed by atoms with Crippen molar-refractivity contribution in [2.24, 2.45) is 5.73 Å². The number of rotatable bonds is 4. The Hall–Kier alpha value is -1.20. The van der Waals surface area contributed by atoms with Crippen molar-refractivity contribution >= 4 is 15.9 Å². The van der Waals surface area contributed by atoms with Crippen LogP contribution in [-0.4, -0.2) is 20.8 Å². The standard InChI is InChI=1S/C15H21BrN4/c1-5-13(17)7-12-6-9(2)15(18-8-12)20-11(4)14(16)10(3)19-20/h6,8,13H,5,7,17H2,1-4H3. The first-order valence-corrected chi connectivity index (χ1v) is 7.66. The highest BCUT2D eigenvalue weighted by molar-refractivity contribution is 9.10. The van der Waals surface area contributed by atoms with Crippen LogP contribution in [0, 0.1) is 20.8 Å². The molecule has 0 bridgehead atoms. The van der Waals surface area contributed by atoms with Gasteiger partial charge in [0.05, 0.1) is 15.9 Å². The van der Waals surface area contributed by atoms with E-state index in [4.69, 9.17) is 5.73 Å². The zero-order valence-corrected chi connectivity index (χ0v) is 14.0. The summed E-state index contributed by atoms with van der Waals surface area (Å²) in [5.74, 6) is 0.880. The van der Waals surface area contributed by atoms with E-state index in [0.717, 1.165) is 40.1 Å². The molecule has 2 aromatic rings. The second-order valence-corrected chi connectivity index (χ2v) is 6.05. The van der Waals surface area contributed by atoms with Crippen LogP contribution in [0.2, 0.25) is 0 Å². The maximum absolute atomic E-state index is 6.00. The summed E-state index contributed by atoms with van der Waals surface area (Å²) < 4.78 is 2.92. The average Bonchev–Trinajstić information content (AvgIpc) is 2.66. The molecule has 2 rings (SSSR count). The number of hydrogen-bond acceptors (Lipinski definition) is 3. The van der Waals surface area contributed by atoms with Crippen molar-refractivity contribution in [3.8, 4) is 5.82 Å². The summed E-state index contributed by atoms with van der Waals surface area (Å²) in [5.41, 5.74) is 10.3. The molecule has 0 amide bonds. The molecule has 0 aliphatic heterocycles. The number of nitrogens with zero attached hydrogens (tertiary/aromatic N) is 3. The van der Waals surface area contributed by atoms with Gasteiger partial charge in [0.2, 0.25) is 0 Å². The van der Waals surface area contributed by atoms with Gasteiger partial charge in [-0.1, -0.05) is 13.0 Å². The number of aromatic nitrogens is 3. The molecular formula is C15H21BrN4. The number of pyridine rings is 1. The predicted octanol–water partition coefficient (Wildman–Crippen LogP) is 3.23. The van der Waals surface area contributed by atoms with Gasteiger partial charge in [-0.3, -0.25) is 0 Å². The smallest absolute Gasteiger partial charge is 0.156 e. The largest absolute Gasteiger partial charge is 0.327 e. The molecule has 0 aliphatic rings. The minimum atomic E-state index is 0.199. The van der Waals surface area contributed by atoms with Gasteiger partial charge in [-0.15, -0.1) is 0 Å². The Kier molecular flexibility index (Phi) is 4.60. The highest BCUT2D eigenvalue weighted by Gasteiger charge is 2.13. The van der Waals surface area contributed by atoms with Crippen LogP contribution >= 0.6 is 15.9 Å². The van der Waals surface area contributed by atoms with E-state index < -0.39 is 0 Å². The van der Waals surface area contributed by atoms with Crippen LogP contribution < -0.4 is 5.73 Å². The molecule has 2 N–H and O–H groups in total. The molecule has 0 saturated carbocycles. The van der Waals surface area contributed by atoms with Crippen molar-refractivity contribution in [2.75, 3.05) is 0 Å². The van der Waals surface area contributed by atoms with Crippen LogP contribution in [0.3, 0.4) is 0 Å². The van der Waals surface area contributed by atoms with E-state index in [0.29, 0.717) is 0 Å². The van der Waals surface area contributed by atoms with Crippen molar-refractivity contribution in [3.05, 3.63) is 39.3 Å². The van der Waals surface area contributed by atoms with Crippen LogP contribution in [-0.2, 0) is 6.42 Å². The van der Waals surface area contributed by atoms with Crippen molar-refractivity contribution in [2.45, 2.75) is 46.6 Å². The van der Waals surface area contributed by atoms with E-state index in [2.05, 4.69) is 45.9 Å². The van der Waals surface area contributed by atoms with Crippen molar-refractivity contribution in [1.82, 2.24) is 14.8 Å². The molecule has 0 fully saturated rings. The highest BCUT2D eigenvalue weighted by atomic mass is 79.9. The maximum atomic E-state index is 6.00.